The van der Waals surface area contributed by atoms with Crippen LogP contribution in [0, 0.1) is 5.82 Å². The van der Waals surface area contributed by atoms with Crippen LogP contribution >= 0.6 is 0 Å². The number of rotatable bonds is 5. The summed E-state index contributed by atoms with van der Waals surface area (Å²) in [5, 5.41) is 8.41. The van der Waals surface area contributed by atoms with Gasteiger partial charge in [0.05, 0.1) is 24.0 Å². The zero-order valence-corrected chi connectivity index (χ0v) is 18.8. The number of nitrogens with one attached hydrogen (secondary N) is 1. The summed E-state index contributed by atoms with van der Waals surface area (Å²) in [5.74, 6) is 0.847. The maximum Gasteiger partial charge on any atom is 0.213 e. The van der Waals surface area contributed by atoms with Crippen molar-refractivity contribution >= 4 is 11.0 Å². The number of ether oxygens (including phenoxy) is 3. The molecule has 6 rings (SSSR count). The van der Waals surface area contributed by atoms with Crippen LogP contribution in [0.2, 0.25) is 0 Å². The zero-order valence-electron chi connectivity index (χ0n) is 18.8. The number of hydrogen-bond donors (Lipinski definition) is 1. The molecule has 0 bridgehead atoms. The van der Waals surface area contributed by atoms with E-state index < -0.39 is 0 Å². The fourth-order valence-corrected chi connectivity index (χ4v) is 4.62. The molecule has 1 N–H and O–H groups in total. The zero-order chi connectivity index (χ0) is 23.1. The molecule has 1 unspecified atom stereocenters. The Kier molecular flexibility index (Phi) is 5.26. The van der Waals surface area contributed by atoms with Crippen LogP contribution in [0.15, 0.2) is 42.7 Å². The molecule has 174 valence electrons. The molecule has 0 spiro atoms. The van der Waals surface area contributed by atoms with Crippen molar-refractivity contribution < 1.29 is 18.6 Å². The number of nitrogens with zero attached hydrogens (tertiary/aromatic N) is 4. The molecule has 1 aliphatic heterocycles. The third kappa shape index (κ3) is 3.81. The highest BCUT2D eigenvalue weighted by Gasteiger charge is 2.23. The summed E-state index contributed by atoms with van der Waals surface area (Å²) in [4.78, 5) is 8.99. The van der Waals surface area contributed by atoms with E-state index in [-0.39, 0.29) is 17.6 Å². The van der Waals surface area contributed by atoms with Gasteiger partial charge in [-0.25, -0.2) is 14.1 Å². The Balaban J connectivity index is 1.20. The number of methoxy groups -OCH3 is 1. The van der Waals surface area contributed by atoms with Crippen LogP contribution in [0.3, 0.4) is 0 Å². The van der Waals surface area contributed by atoms with Crippen molar-refractivity contribution in [2.45, 2.75) is 31.8 Å². The number of benzene rings is 1. The summed E-state index contributed by atoms with van der Waals surface area (Å²) in [6.45, 7) is 1.37. The van der Waals surface area contributed by atoms with Gasteiger partial charge in [0.1, 0.15) is 18.7 Å². The Morgan fingerprint density at radius 3 is 3.03 bits per heavy atom. The maximum atomic E-state index is 14.4. The fraction of sp³-hybridized carbons (Fsp3) is 0.320. The van der Waals surface area contributed by atoms with Gasteiger partial charge in [-0.05, 0) is 54.7 Å². The van der Waals surface area contributed by atoms with E-state index in [2.05, 4.69) is 21.5 Å². The molecular formula is C25H24FN5O3. The topological polar surface area (TPSA) is 83.3 Å². The summed E-state index contributed by atoms with van der Waals surface area (Å²) in [6, 6.07) is 9.26. The van der Waals surface area contributed by atoms with E-state index in [1.165, 1.54) is 11.6 Å². The summed E-state index contributed by atoms with van der Waals surface area (Å²) < 4.78 is 32.5. The molecule has 3 aromatic heterocycles. The van der Waals surface area contributed by atoms with Crippen molar-refractivity contribution in [3.63, 3.8) is 0 Å². The van der Waals surface area contributed by atoms with E-state index in [4.69, 9.17) is 19.3 Å². The van der Waals surface area contributed by atoms with E-state index in [1.807, 2.05) is 22.9 Å². The molecule has 4 heterocycles. The largest absolute Gasteiger partial charge is 0.486 e. The predicted octanol–water partition coefficient (Wildman–Crippen LogP) is 3.38. The molecule has 0 radical (unpaired) electrons. The highest BCUT2D eigenvalue weighted by Crippen LogP contribution is 2.34. The van der Waals surface area contributed by atoms with Gasteiger partial charge in [-0.15, -0.1) is 0 Å². The lowest BCUT2D eigenvalue weighted by atomic mass is 9.93. The minimum Gasteiger partial charge on any atom is -0.486 e. The number of fused-ring (bicyclic) bond motifs is 3. The lowest BCUT2D eigenvalue weighted by Crippen LogP contribution is -2.34. The first-order chi connectivity index (χ1) is 16.7. The van der Waals surface area contributed by atoms with Crippen molar-refractivity contribution in [3.8, 4) is 23.1 Å². The van der Waals surface area contributed by atoms with Crippen LogP contribution in [-0.2, 0) is 19.4 Å². The van der Waals surface area contributed by atoms with Gasteiger partial charge in [-0.2, -0.15) is 5.10 Å². The molecule has 0 saturated carbocycles. The predicted molar refractivity (Wildman–Crippen MR) is 123 cm³/mol. The molecule has 9 heteroatoms. The third-order valence-electron chi connectivity index (χ3n) is 6.32. The first kappa shape index (κ1) is 20.9. The first-order valence-corrected chi connectivity index (χ1v) is 11.4. The SMILES string of the molecule is COc1ccc2nccc(-n3cc4c(n3)CCC(NCc3cc(F)c5c(c3)OCCO5)C4)c2n1. The summed E-state index contributed by atoms with van der Waals surface area (Å²) >= 11 is 0. The highest BCUT2D eigenvalue weighted by molar-refractivity contribution is 5.83. The molecule has 0 fully saturated rings. The van der Waals surface area contributed by atoms with Crippen molar-refractivity contribution in [2.24, 2.45) is 0 Å². The second kappa shape index (κ2) is 8.57. The summed E-state index contributed by atoms with van der Waals surface area (Å²) in [5.41, 5.74) is 5.54. The lowest BCUT2D eigenvalue weighted by Gasteiger charge is -2.23. The number of hydrogen-bond acceptors (Lipinski definition) is 7. The molecule has 2 aliphatic rings. The number of halogens is 1. The van der Waals surface area contributed by atoms with Gasteiger partial charge < -0.3 is 19.5 Å². The molecule has 34 heavy (non-hydrogen) atoms. The number of aryl methyl sites for hydroxylation is 1. The average molecular weight is 461 g/mol. The van der Waals surface area contributed by atoms with Crippen LogP contribution in [0.25, 0.3) is 16.7 Å². The molecule has 1 aromatic carbocycles. The standard InChI is InChI=1S/C25H24FN5O3/c1-32-23-5-4-20-24(29-23)21(6-7-27-20)31-14-16-12-17(2-3-19(16)30-31)28-13-15-10-18(26)25-22(11-15)33-8-9-34-25/h4-7,10-11,14,17,28H,2-3,8-9,12-13H2,1H3. The fourth-order valence-electron chi connectivity index (χ4n) is 4.62. The van der Waals surface area contributed by atoms with Gasteiger partial charge in [0, 0.05) is 31.0 Å². The molecule has 4 aromatic rings. The Hall–Kier alpha value is -3.72. The highest BCUT2D eigenvalue weighted by atomic mass is 19.1. The quantitative estimate of drug-likeness (QED) is 0.488. The minimum absolute atomic E-state index is 0.209. The molecule has 1 atom stereocenters. The Bertz CT molecular complexity index is 1370. The minimum atomic E-state index is -0.379. The van der Waals surface area contributed by atoms with Crippen molar-refractivity contribution in [3.05, 3.63) is 65.4 Å². The third-order valence-corrected chi connectivity index (χ3v) is 6.32. The van der Waals surface area contributed by atoms with Crippen molar-refractivity contribution in [2.75, 3.05) is 20.3 Å². The van der Waals surface area contributed by atoms with Gasteiger partial charge >= 0.3 is 0 Å². The van der Waals surface area contributed by atoms with Crippen LogP contribution < -0.4 is 19.5 Å². The number of aromatic nitrogens is 4. The van der Waals surface area contributed by atoms with Crippen LogP contribution in [0.4, 0.5) is 4.39 Å². The van der Waals surface area contributed by atoms with Gasteiger partial charge in [-0.1, -0.05) is 0 Å². The van der Waals surface area contributed by atoms with Gasteiger partial charge in [-0.3, -0.25) is 4.98 Å². The summed E-state index contributed by atoms with van der Waals surface area (Å²) in [6.07, 6.45) is 6.52. The lowest BCUT2D eigenvalue weighted by molar-refractivity contribution is 0.164. The van der Waals surface area contributed by atoms with E-state index in [1.54, 1.807) is 19.4 Å². The Morgan fingerprint density at radius 2 is 2.12 bits per heavy atom. The molecule has 8 nitrogen and oxygen atoms in total. The van der Waals surface area contributed by atoms with E-state index in [0.717, 1.165) is 47.2 Å². The van der Waals surface area contributed by atoms with Crippen molar-refractivity contribution in [1.29, 1.82) is 0 Å². The van der Waals surface area contributed by atoms with E-state index in [0.29, 0.717) is 31.4 Å². The Morgan fingerprint density at radius 1 is 1.21 bits per heavy atom. The number of pyridine rings is 2. The van der Waals surface area contributed by atoms with Crippen LogP contribution in [0.5, 0.6) is 17.4 Å². The van der Waals surface area contributed by atoms with Crippen molar-refractivity contribution in [1.82, 2.24) is 25.1 Å². The van der Waals surface area contributed by atoms with Gasteiger partial charge in [0.15, 0.2) is 17.3 Å². The molecule has 0 saturated heterocycles. The first-order valence-electron chi connectivity index (χ1n) is 11.4. The average Bonchev–Trinajstić information content (AvgIpc) is 3.30. The van der Waals surface area contributed by atoms with E-state index in [9.17, 15) is 4.39 Å². The van der Waals surface area contributed by atoms with Gasteiger partial charge in [0.25, 0.3) is 0 Å². The Labute approximate surface area is 195 Å². The molecule has 0 amide bonds. The second-order valence-electron chi connectivity index (χ2n) is 8.52. The molecule has 1 aliphatic carbocycles. The maximum absolute atomic E-state index is 14.4. The second-order valence-corrected chi connectivity index (χ2v) is 8.52. The summed E-state index contributed by atoms with van der Waals surface area (Å²) in [7, 11) is 1.60. The normalized spacial score (nSPS) is 16.9. The monoisotopic (exact) mass is 461 g/mol. The smallest absolute Gasteiger partial charge is 0.213 e. The molecular weight excluding hydrogens is 437 g/mol. The van der Waals surface area contributed by atoms with E-state index >= 15 is 0 Å². The van der Waals surface area contributed by atoms with Gasteiger partial charge in [0.2, 0.25) is 5.88 Å². The van der Waals surface area contributed by atoms with Crippen LogP contribution in [0.1, 0.15) is 23.2 Å². The van der Waals surface area contributed by atoms with Crippen LogP contribution in [-0.4, -0.2) is 46.1 Å².